The maximum atomic E-state index is 13.1. The first-order valence-corrected chi connectivity index (χ1v) is 10.8. The Bertz CT molecular complexity index is 1410. The summed E-state index contributed by atoms with van der Waals surface area (Å²) in [6, 6.07) is 8.75. The van der Waals surface area contributed by atoms with Crippen molar-refractivity contribution in [2.75, 3.05) is 0 Å². The van der Waals surface area contributed by atoms with Crippen LogP contribution in [0.15, 0.2) is 29.1 Å². The van der Waals surface area contributed by atoms with Crippen LogP contribution in [0.2, 0.25) is 0 Å². The van der Waals surface area contributed by atoms with E-state index in [1.807, 2.05) is 6.07 Å². The molecule has 5 rings (SSSR count). The van der Waals surface area contributed by atoms with Crippen molar-refractivity contribution in [1.29, 1.82) is 5.26 Å². The van der Waals surface area contributed by atoms with E-state index in [0.29, 0.717) is 27.4 Å². The zero-order chi connectivity index (χ0) is 21.5. The molecular weight excluding hydrogens is 412 g/mol. The monoisotopic (exact) mass is 430 g/mol. The van der Waals surface area contributed by atoms with Gasteiger partial charge >= 0.3 is 0 Å². The zero-order valence-corrected chi connectivity index (χ0v) is 17.5. The Labute approximate surface area is 181 Å². The lowest BCUT2D eigenvalue weighted by Crippen LogP contribution is -2.20. The Kier molecular flexibility index (Phi) is 4.71. The van der Waals surface area contributed by atoms with Gasteiger partial charge < -0.3 is 4.98 Å². The lowest BCUT2D eigenvalue weighted by molar-refractivity contribution is 0.0976. The predicted molar refractivity (Wildman–Crippen MR) is 116 cm³/mol. The summed E-state index contributed by atoms with van der Waals surface area (Å²) >= 11 is 1.50. The first-order chi connectivity index (χ1) is 15.0. The molecule has 0 saturated carbocycles. The van der Waals surface area contributed by atoms with Crippen LogP contribution in [0.3, 0.4) is 0 Å². The third-order valence-corrected chi connectivity index (χ3v) is 6.72. The number of H-pyrrole nitrogens is 2. The highest BCUT2D eigenvalue weighted by molar-refractivity contribution is 7.18. The van der Waals surface area contributed by atoms with Gasteiger partial charge in [-0.25, -0.2) is 9.97 Å². The molecule has 3 aromatic heterocycles. The Balaban J connectivity index is 1.49. The van der Waals surface area contributed by atoms with Gasteiger partial charge in [0.1, 0.15) is 16.5 Å². The number of aryl methyl sites for hydroxylation is 3. The van der Waals surface area contributed by atoms with Crippen LogP contribution in [0.1, 0.15) is 51.2 Å². The number of carbonyl (C=O) groups excluding carboxylic acids is 1. The number of hydrogen-bond donors (Lipinski definition) is 2. The van der Waals surface area contributed by atoms with E-state index < -0.39 is 11.7 Å². The van der Waals surface area contributed by atoms with E-state index >= 15 is 0 Å². The molecule has 2 N–H and O–H groups in total. The number of fused-ring (bicyclic) bond motifs is 3. The van der Waals surface area contributed by atoms with E-state index in [1.165, 1.54) is 16.2 Å². The Hall–Kier alpha value is -3.64. The minimum atomic E-state index is -1.19. The van der Waals surface area contributed by atoms with E-state index in [1.54, 1.807) is 31.2 Å². The molecule has 154 valence electrons. The first kappa shape index (κ1) is 19.3. The van der Waals surface area contributed by atoms with E-state index in [4.69, 9.17) is 0 Å². The Morgan fingerprint density at radius 3 is 2.68 bits per heavy atom. The summed E-state index contributed by atoms with van der Waals surface area (Å²) in [5.74, 6) is -0.277. The number of thiophene rings is 1. The lowest BCUT2D eigenvalue weighted by atomic mass is 9.96. The average Bonchev–Trinajstić information content (AvgIpc) is 3.38. The fraction of sp³-hybridized carbons (Fsp3) is 0.273. The normalized spacial score (nSPS) is 14.2. The van der Waals surface area contributed by atoms with Gasteiger partial charge in [-0.05, 0) is 38.2 Å². The van der Waals surface area contributed by atoms with Crippen LogP contribution in [0.5, 0.6) is 0 Å². The number of rotatable bonds is 4. The molecule has 1 aromatic carbocycles. The smallest absolute Gasteiger partial charge is 0.259 e. The van der Waals surface area contributed by atoms with Gasteiger partial charge in [-0.15, -0.1) is 11.3 Å². The fourth-order valence-corrected chi connectivity index (χ4v) is 5.25. The summed E-state index contributed by atoms with van der Waals surface area (Å²) in [7, 11) is 0. The fourth-order valence-electron chi connectivity index (χ4n) is 3.98. The maximum absolute atomic E-state index is 13.1. The largest absolute Gasteiger partial charge is 0.308 e. The third kappa shape index (κ3) is 3.35. The molecule has 8 nitrogen and oxygen atoms in total. The molecule has 4 aromatic rings. The van der Waals surface area contributed by atoms with Gasteiger partial charge in [-0.3, -0.25) is 14.7 Å². The lowest BCUT2D eigenvalue weighted by Gasteiger charge is -2.10. The molecule has 0 saturated heterocycles. The van der Waals surface area contributed by atoms with Crippen molar-refractivity contribution < 1.29 is 4.79 Å². The van der Waals surface area contributed by atoms with Crippen molar-refractivity contribution in [2.45, 2.75) is 38.5 Å². The van der Waals surface area contributed by atoms with Crippen LogP contribution in [-0.4, -0.2) is 30.9 Å². The van der Waals surface area contributed by atoms with Crippen LogP contribution in [-0.2, 0) is 12.8 Å². The Morgan fingerprint density at radius 1 is 1.19 bits per heavy atom. The standard InChI is InChI=1S/C22H18N6O2S/c1-11-24-19(28-27-11)13-8-6-12(7-9-13)18(29)15(10-23)20-25-21(30)17-14-4-2-3-5-16(14)31-22(17)26-20/h6-9,15H,2-5H2,1H3,(H,24,27,28)(H,25,26,30). The molecule has 0 radical (unpaired) electrons. The van der Waals surface area contributed by atoms with Crippen molar-refractivity contribution >= 4 is 27.3 Å². The topological polar surface area (TPSA) is 128 Å². The highest BCUT2D eigenvalue weighted by Crippen LogP contribution is 2.34. The number of benzene rings is 1. The van der Waals surface area contributed by atoms with Crippen molar-refractivity contribution in [2.24, 2.45) is 0 Å². The van der Waals surface area contributed by atoms with E-state index in [0.717, 1.165) is 36.8 Å². The minimum Gasteiger partial charge on any atom is -0.308 e. The van der Waals surface area contributed by atoms with Crippen molar-refractivity contribution in [3.05, 3.63) is 62.3 Å². The molecule has 0 amide bonds. The Morgan fingerprint density at radius 2 is 1.97 bits per heavy atom. The van der Waals surface area contributed by atoms with Crippen LogP contribution in [0, 0.1) is 18.3 Å². The number of aromatic nitrogens is 5. The van der Waals surface area contributed by atoms with Crippen LogP contribution >= 0.6 is 11.3 Å². The molecule has 31 heavy (non-hydrogen) atoms. The summed E-state index contributed by atoms with van der Waals surface area (Å²) in [5.41, 5.74) is 1.91. The minimum absolute atomic E-state index is 0.0947. The highest BCUT2D eigenvalue weighted by atomic mass is 32.1. The van der Waals surface area contributed by atoms with Crippen LogP contribution in [0.25, 0.3) is 21.6 Å². The van der Waals surface area contributed by atoms with Gasteiger partial charge in [0.25, 0.3) is 5.56 Å². The molecule has 0 bridgehead atoms. The second kappa shape index (κ2) is 7.56. The first-order valence-electron chi connectivity index (χ1n) is 10.0. The molecule has 1 unspecified atom stereocenters. The van der Waals surface area contributed by atoms with Gasteiger partial charge in [0.05, 0.1) is 11.5 Å². The molecule has 3 heterocycles. The second-order valence-corrected chi connectivity index (χ2v) is 8.67. The number of hydrogen-bond acceptors (Lipinski definition) is 7. The van der Waals surface area contributed by atoms with Gasteiger partial charge in [0.15, 0.2) is 17.5 Å². The van der Waals surface area contributed by atoms with Gasteiger partial charge in [0, 0.05) is 16.0 Å². The van der Waals surface area contributed by atoms with Crippen LogP contribution in [0.4, 0.5) is 0 Å². The summed E-state index contributed by atoms with van der Waals surface area (Å²) in [6.07, 6.45) is 3.98. The average molecular weight is 430 g/mol. The zero-order valence-electron chi connectivity index (χ0n) is 16.7. The van der Waals surface area contributed by atoms with Gasteiger partial charge in [0.2, 0.25) is 0 Å². The number of aromatic amines is 2. The molecular formula is C22H18N6O2S. The molecule has 9 heteroatoms. The maximum Gasteiger partial charge on any atom is 0.259 e. The van der Waals surface area contributed by atoms with Crippen molar-refractivity contribution in [3.8, 4) is 17.5 Å². The summed E-state index contributed by atoms with van der Waals surface area (Å²) in [4.78, 5) is 39.1. The molecule has 1 atom stereocenters. The highest BCUT2D eigenvalue weighted by Gasteiger charge is 2.27. The van der Waals surface area contributed by atoms with E-state index in [9.17, 15) is 14.9 Å². The number of carbonyl (C=O) groups is 1. The molecule has 0 spiro atoms. The quantitative estimate of drug-likeness (QED) is 0.477. The third-order valence-electron chi connectivity index (χ3n) is 5.53. The van der Waals surface area contributed by atoms with Crippen molar-refractivity contribution in [1.82, 2.24) is 25.1 Å². The summed E-state index contributed by atoms with van der Waals surface area (Å²) in [6.45, 7) is 1.81. The second-order valence-electron chi connectivity index (χ2n) is 7.59. The van der Waals surface area contributed by atoms with Gasteiger partial charge in [-0.2, -0.15) is 10.4 Å². The van der Waals surface area contributed by atoms with Crippen LogP contribution < -0.4 is 5.56 Å². The summed E-state index contributed by atoms with van der Waals surface area (Å²) < 4.78 is 0. The molecule has 1 aliphatic carbocycles. The number of nitrogens with one attached hydrogen (secondary N) is 2. The number of nitrogens with zero attached hydrogens (tertiary/aromatic N) is 4. The van der Waals surface area contributed by atoms with Gasteiger partial charge in [-0.1, -0.05) is 24.3 Å². The molecule has 0 fully saturated rings. The van der Waals surface area contributed by atoms with Crippen molar-refractivity contribution in [3.63, 3.8) is 0 Å². The summed E-state index contributed by atoms with van der Waals surface area (Å²) in [5, 5.41) is 17.2. The SMILES string of the molecule is Cc1nc(-c2ccc(C(=O)C(C#N)c3nc4sc5c(c4c(=O)[nH]3)CCCC5)cc2)n[nH]1. The number of Topliss-reactive ketones (excluding diaryl/α,β-unsaturated/α-hetero) is 1. The number of ketones is 1. The van der Waals surface area contributed by atoms with E-state index in [-0.39, 0.29) is 11.4 Å². The predicted octanol–water partition coefficient (Wildman–Crippen LogP) is 3.45. The number of nitriles is 1. The van der Waals surface area contributed by atoms with E-state index in [2.05, 4.69) is 25.1 Å². The molecule has 0 aliphatic heterocycles. The molecule has 1 aliphatic rings.